The normalized spacial score (nSPS) is 25.8. The van der Waals surface area contributed by atoms with E-state index in [2.05, 4.69) is 5.16 Å². The molecule has 2 aliphatic rings. The fraction of sp³-hybridized carbons (Fsp3) is 0.316. The molecule has 2 aliphatic heterocycles. The van der Waals surface area contributed by atoms with Crippen molar-refractivity contribution in [1.29, 1.82) is 0 Å². The number of hydrogen-bond donors (Lipinski definition) is 0. The van der Waals surface area contributed by atoms with Gasteiger partial charge in [-0.05, 0) is 11.6 Å². The van der Waals surface area contributed by atoms with E-state index in [0.717, 1.165) is 17.3 Å². The minimum absolute atomic E-state index is 0.0295. The van der Waals surface area contributed by atoms with Gasteiger partial charge in [-0.15, -0.1) is 0 Å². The lowest BCUT2D eigenvalue weighted by Crippen LogP contribution is -2.29. The van der Waals surface area contributed by atoms with Crippen molar-refractivity contribution >= 4 is 5.71 Å². The van der Waals surface area contributed by atoms with Gasteiger partial charge in [-0.3, -0.25) is 0 Å². The fourth-order valence-electron chi connectivity index (χ4n) is 3.21. The van der Waals surface area contributed by atoms with Crippen molar-refractivity contribution < 1.29 is 27.5 Å². The van der Waals surface area contributed by atoms with Crippen LogP contribution in [0.2, 0.25) is 0 Å². The summed E-state index contributed by atoms with van der Waals surface area (Å²) in [5, 5.41) is 4.12. The molecule has 0 radical (unpaired) electrons. The highest BCUT2D eigenvalue weighted by Gasteiger charge is 2.41. The van der Waals surface area contributed by atoms with E-state index in [9.17, 15) is 13.2 Å². The maximum absolute atomic E-state index is 13.3. The number of fused-ring (bicyclic) bond motifs is 1. The van der Waals surface area contributed by atoms with Crippen LogP contribution >= 0.6 is 0 Å². The summed E-state index contributed by atoms with van der Waals surface area (Å²) in [5.41, 5.74) is 0.842. The molecular formula is C19H16F3NO3. The van der Waals surface area contributed by atoms with Gasteiger partial charge >= 0.3 is 6.18 Å². The second-order valence-electron chi connectivity index (χ2n) is 6.18. The summed E-state index contributed by atoms with van der Waals surface area (Å²) in [7, 11) is 0. The Balaban J connectivity index is 1.57. The highest BCUT2D eigenvalue weighted by molar-refractivity contribution is 6.03. The molecule has 4 nitrogen and oxygen atoms in total. The van der Waals surface area contributed by atoms with Crippen molar-refractivity contribution in [1.82, 2.24) is 0 Å². The topological polar surface area (TPSA) is 40.0 Å². The van der Waals surface area contributed by atoms with Crippen LogP contribution in [0, 0.1) is 5.92 Å². The monoisotopic (exact) mass is 363 g/mol. The molecular weight excluding hydrogens is 347 g/mol. The molecule has 0 aliphatic carbocycles. The van der Waals surface area contributed by atoms with E-state index in [1.807, 2.05) is 30.3 Å². The summed E-state index contributed by atoms with van der Waals surface area (Å²) < 4.78 is 51.1. The summed E-state index contributed by atoms with van der Waals surface area (Å²) in [4.78, 5) is 5.45. The van der Waals surface area contributed by atoms with Gasteiger partial charge in [-0.2, -0.15) is 13.2 Å². The lowest BCUT2D eigenvalue weighted by molar-refractivity contribution is -0.157. The van der Waals surface area contributed by atoms with Gasteiger partial charge in [0.05, 0.1) is 30.4 Å². The minimum atomic E-state index is -4.47. The Morgan fingerprint density at radius 2 is 1.58 bits per heavy atom. The zero-order valence-electron chi connectivity index (χ0n) is 13.6. The van der Waals surface area contributed by atoms with E-state index >= 15 is 0 Å². The third-order valence-corrected chi connectivity index (χ3v) is 4.52. The Labute approximate surface area is 148 Å². The van der Waals surface area contributed by atoms with Crippen LogP contribution in [0.15, 0.2) is 59.8 Å². The van der Waals surface area contributed by atoms with Crippen molar-refractivity contribution in [3.05, 3.63) is 71.3 Å². The minimum Gasteiger partial charge on any atom is -0.389 e. The van der Waals surface area contributed by atoms with E-state index < -0.39 is 18.0 Å². The van der Waals surface area contributed by atoms with Gasteiger partial charge in [-0.25, -0.2) is 0 Å². The number of halogens is 3. The molecule has 1 fully saturated rings. The largest absolute Gasteiger partial charge is 0.416 e. The Bertz CT molecular complexity index is 807. The predicted molar refractivity (Wildman–Crippen MR) is 87.4 cm³/mol. The highest BCUT2D eigenvalue weighted by atomic mass is 19.4. The molecule has 0 amide bonds. The van der Waals surface area contributed by atoms with Crippen LogP contribution < -0.4 is 0 Å². The standard InChI is InChI=1S/C19H16F3NO3/c20-19(21,22)15-9-5-4-8-13(15)18-24-10-14-16(11-25-18)26-23-17(14)12-6-2-1-3-7-12/h1-9,14,16,18H,10-11H2/t14-,16+,18+/m1/s1. The van der Waals surface area contributed by atoms with E-state index in [4.69, 9.17) is 14.3 Å². The quantitative estimate of drug-likeness (QED) is 0.804. The lowest BCUT2D eigenvalue weighted by atomic mass is 9.93. The molecule has 0 bridgehead atoms. The van der Waals surface area contributed by atoms with Crippen molar-refractivity contribution in [2.45, 2.75) is 18.6 Å². The Kier molecular flexibility index (Phi) is 4.42. The molecule has 2 aromatic carbocycles. The van der Waals surface area contributed by atoms with Crippen LogP contribution in [-0.2, 0) is 20.5 Å². The molecule has 136 valence electrons. The maximum atomic E-state index is 13.3. The van der Waals surface area contributed by atoms with E-state index in [1.165, 1.54) is 18.2 Å². The summed E-state index contributed by atoms with van der Waals surface area (Å²) in [6, 6.07) is 14.8. The second-order valence-corrected chi connectivity index (χ2v) is 6.18. The lowest BCUT2D eigenvalue weighted by Gasteiger charge is -2.20. The van der Waals surface area contributed by atoms with Crippen molar-refractivity contribution in [2.75, 3.05) is 13.2 Å². The predicted octanol–water partition coefficient (Wildman–Crippen LogP) is 4.17. The van der Waals surface area contributed by atoms with Gasteiger partial charge in [0, 0.05) is 5.56 Å². The zero-order valence-corrected chi connectivity index (χ0v) is 13.6. The Hall–Kier alpha value is -2.38. The molecule has 0 unspecified atom stereocenters. The highest BCUT2D eigenvalue weighted by Crippen LogP contribution is 2.38. The molecule has 7 heteroatoms. The van der Waals surface area contributed by atoms with Crippen LogP contribution in [-0.4, -0.2) is 25.0 Å². The van der Waals surface area contributed by atoms with Crippen LogP contribution in [0.3, 0.4) is 0 Å². The number of alkyl halides is 3. The smallest absolute Gasteiger partial charge is 0.389 e. The molecule has 0 N–H and O–H groups in total. The number of rotatable bonds is 2. The first-order valence-corrected chi connectivity index (χ1v) is 8.22. The van der Waals surface area contributed by atoms with Gasteiger partial charge in [0.2, 0.25) is 0 Å². The third kappa shape index (κ3) is 3.20. The van der Waals surface area contributed by atoms with Crippen LogP contribution in [0.25, 0.3) is 0 Å². The van der Waals surface area contributed by atoms with E-state index in [0.29, 0.717) is 0 Å². The summed E-state index contributed by atoms with van der Waals surface area (Å²) in [6.07, 6.45) is -5.95. The maximum Gasteiger partial charge on any atom is 0.416 e. The zero-order chi connectivity index (χ0) is 18.1. The van der Waals surface area contributed by atoms with Gasteiger partial charge in [0.15, 0.2) is 12.4 Å². The number of oxime groups is 1. The average Bonchev–Trinajstić information content (AvgIpc) is 2.93. The Morgan fingerprint density at radius 3 is 2.35 bits per heavy atom. The van der Waals surface area contributed by atoms with Crippen LogP contribution in [0.1, 0.15) is 23.0 Å². The number of ether oxygens (including phenoxy) is 2. The number of hydrogen-bond acceptors (Lipinski definition) is 4. The van der Waals surface area contributed by atoms with Crippen molar-refractivity contribution in [3.63, 3.8) is 0 Å². The van der Waals surface area contributed by atoms with Crippen molar-refractivity contribution in [2.24, 2.45) is 11.1 Å². The Morgan fingerprint density at radius 1 is 0.885 bits per heavy atom. The number of benzene rings is 2. The SMILES string of the molecule is FC(F)(F)c1ccccc1[C@@H]1OC[C@@H]2ON=C(c3ccccc3)[C@@H]2CO1. The molecule has 1 saturated heterocycles. The first-order valence-electron chi connectivity index (χ1n) is 8.22. The van der Waals surface area contributed by atoms with Gasteiger partial charge in [0.1, 0.15) is 0 Å². The van der Waals surface area contributed by atoms with Gasteiger partial charge in [0.25, 0.3) is 0 Å². The second kappa shape index (κ2) is 6.74. The molecule has 26 heavy (non-hydrogen) atoms. The summed E-state index contributed by atoms with van der Waals surface area (Å²) in [6.45, 7) is 0.261. The van der Waals surface area contributed by atoms with Crippen molar-refractivity contribution in [3.8, 4) is 0 Å². The first kappa shape index (κ1) is 17.1. The van der Waals surface area contributed by atoms with E-state index in [1.54, 1.807) is 0 Å². The molecule has 0 aromatic heterocycles. The summed E-state index contributed by atoms with van der Waals surface area (Å²) >= 11 is 0. The van der Waals surface area contributed by atoms with E-state index in [-0.39, 0.29) is 30.8 Å². The average molecular weight is 363 g/mol. The summed E-state index contributed by atoms with van der Waals surface area (Å²) in [5.74, 6) is -0.194. The molecule has 0 saturated carbocycles. The molecule has 2 aromatic rings. The molecule has 0 spiro atoms. The third-order valence-electron chi connectivity index (χ3n) is 4.52. The molecule has 3 atom stereocenters. The fourth-order valence-corrected chi connectivity index (χ4v) is 3.21. The molecule has 2 heterocycles. The van der Waals surface area contributed by atoms with Crippen LogP contribution in [0.5, 0.6) is 0 Å². The first-order chi connectivity index (χ1) is 12.5. The van der Waals surface area contributed by atoms with Gasteiger partial charge < -0.3 is 14.3 Å². The number of nitrogens with zero attached hydrogens (tertiary/aromatic N) is 1. The van der Waals surface area contributed by atoms with Crippen LogP contribution in [0.4, 0.5) is 13.2 Å². The molecule has 4 rings (SSSR count). The van der Waals surface area contributed by atoms with Gasteiger partial charge in [-0.1, -0.05) is 53.7 Å².